The van der Waals surface area contributed by atoms with E-state index in [0.29, 0.717) is 36.5 Å². The Kier molecular flexibility index (Phi) is 11.2. The lowest BCUT2D eigenvalue weighted by molar-refractivity contribution is -0.144. The molecular weight excluding hydrogens is 583 g/mol. The maximum Gasteiger partial charge on any atom is 0.411 e. The summed E-state index contributed by atoms with van der Waals surface area (Å²) in [5.74, 6) is 0.504. The average Bonchev–Trinajstić information content (AvgIpc) is 3.28. The first-order chi connectivity index (χ1) is 19.9. The molecule has 2 atom stereocenters. The van der Waals surface area contributed by atoms with E-state index < -0.39 is 44.1 Å². The number of alkyl halides is 3. The summed E-state index contributed by atoms with van der Waals surface area (Å²) < 4.78 is 60.4. The van der Waals surface area contributed by atoms with Crippen molar-refractivity contribution in [3.63, 3.8) is 0 Å². The lowest BCUT2D eigenvalue weighted by Crippen LogP contribution is -2.37. The standard InChI is InChI=1S/C29H44F3N5O5Si/c1-28(2,3)42-27(39)36-21-10-8-9-11-24(29(30,31)32)34-22-16-19(33-26(38)40-4)12-13-20(22)23-17-37(25(21)35-23)18-41-14-15-43(5,6)7/h12-13,16-17,21,24,34H,8-11,14-15,18H2,1-7H3,(H,33,38)(H,36,39)/t21-,24-/m0/s1. The number of carbonyl (C=O) groups excluding carboxylic acids is 2. The van der Waals surface area contributed by atoms with Crippen LogP contribution in [-0.2, 0) is 20.9 Å². The summed E-state index contributed by atoms with van der Waals surface area (Å²) >= 11 is 0. The fraction of sp³-hybridized carbons (Fsp3) is 0.621. The molecule has 0 fully saturated rings. The number of anilines is 2. The second-order valence-electron chi connectivity index (χ2n) is 12.9. The molecule has 3 N–H and O–H groups in total. The molecule has 0 radical (unpaired) electrons. The topological polar surface area (TPSA) is 116 Å². The van der Waals surface area contributed by atoms with Crippen LogP contribution in [0.15, 0.2) is 24.4 Å². The molecule has 1 aromatic heterocycles. The van der Waals surface area contributed by atoms with E-state index in [0.717, 1.165) is 6.04 Å². The van der Waals surface area contributed by atoms with Gasteiger partial charge >= 0.3 is 18.4 Å². The number of nitrogens with one attached hydrogen (secondary N) is 3. The van der Waals surface area contributed by atoms with Crippen molar-refractivity contribution in [2.45, 2.75) is 103 Å². The van der Waals surface area contributed by atoms with Crippen LogP contribution in [0.2, 0.25) is 25.7 Å². The summed E-state index contributed by atoms with van der Waals surface area (Å²) in [6.45, 7) is 12.7. The molecule has 0 spiro atoms. The van der Waals surface area contributed by atoms with E-state index in [9.17, 15) is 22.8 Å². The van der Waals surface area contributed by atoms with E-state index in [1.807, 2.05) is 0 Å². The Labute approximate surface area is 252 Å². The lowest BCUT2D eigenvalue weighted by atomic mass is 10.0. The van der Waals surface area contributed by atoms with E-state index in [-0.39, 0.29) is 30.9 Å². The molecule has 0 aliphatic carbocycles. The third kappa shape index (κ3) is 10.7. The molecule has 2 heterocycles. The first-order valence-electron chi connectivity index (χ1n) is 14.4. The fourth-order valence-electron chi connectivity index (χ4n) is 4.53. The van der Waals surface area contributed by atoms with Crippen molar-refractivity contribution in [2.24, 2.45) is 0 Å². The van der Waals surface area contributed by atoms with Crippen LogP contribution < -0.4 is 16.0 Å². The number of nitrogens with zero attached hydrogens (tertiary/aromatic N) is 2. The van der Waals surface area contributed by atoms with Crippen molar-refractivity contribution < 1.29 is 37.0 Å². The van der Waals surface area contributed by atoms with Gasteiger partial charge in [-0.25, -0.2) is 14.6 Å². The van der Waals surface area contributed by atoms with Crippen molar-refractivity contribution in [3.8, 4) is 11.3 Å². The molecule has 0 saturated heterocycles. The van der Waals surface area contributed by atoms with Gasteiger partial charge in [-0.1, -0.05) is 32.5 Å². The Morgan fingerprint density at radius 1 is 1.12 bits per heavy atom. The van der Waals surface area contributed by atoms with Crippen LogP contribution >= 0.6 is 0 Å². The van der Waals surface area contributed by atoms with Crippen molar-refractivity contribution >= 4 is 31.6 Å². The van der Waals surface area contributed by atoms with Crippen molar-refractivity contribution in [3.05, 3.63) is 30.2 Å². The number of ether oxygens (including phenoxy) is 3. The van der Waals surface area contributed by atoms with Crippen LogP contribution in [0.5, 0.6) is 0 Å². The van der Waals surface area contributed by atoms with Gasteiger partial charge < -0.3 is 29.4 Å². The second-order valence-corrected chi connectivity index (χ2v) is 18.5. The number of alkyl carbamates (subject to hydrolysis) is 1. The molecule has 1 aliphatic rings. The summed E-state index contributed by atoms with van der Waals surface area (Å²) in [5.41, 5.74) is 0.433. The number of amides is 2. The van der Waals surface area contributed by atoms with Gasteiger partial charge in [0.2, 0.25) is 0 Å². The quantitative estimate of drug-likeness (QED) is 0.215. The number of imidazole rings is 1. The Bertz CT molecular complexity index is 1260. The minimum Gasteiger partial charge on any atom is -0.453 e. The molecule has 0 saturated carbocycles. The third-order valence-electron chi connectivity index (χ3n) is 6.72. The van der Waals surface area contributed by atoms with Crippen LogP contribution in [0, 0.1) is 0 Å². The predicted octanol–water partition coefficient (Wildman–Crippen LogP) is 7.52. The number of fused-ring (bicyclic) bond motifs is 4. The highest BCUT2D eigenvalue weighted by molar-refractivity contribution is 6.76. The fourth-order valence-corrected chi connectivity index (χ4v) is 5.29. The molecule has 14 heteroatoms. The SMILES string of the molecule is COC(=O)Nc1ccc2c(c1)N[C@H](C(F)(F)F)CCCC[C@H](NC(=O)OC(C)(C)C)c1nc-2cn1COCC[Si](C)(C)C. The second kappa shape index (κ2) is 14.0. The number of hydrogen-bond acceptors (Lipinski definition) is 7. The predicted molar refractivity (Wildman–Crippen MR) is 162 cm³/mol. The first kappa shape index (κ1) is 34.2. The Hall–Kier alpha value is -3.26. The zero-order valence-electron chi connectivity index (χ0n) is 26.0. The minimum atomic E-state index is -4.53. The van der Waals surface area contributed by atoms with Crippen molar-refractivity contribution in [2.75, 3.05) is 24.4 Å². The summed E-state index contributed by atoms with van der Waals surface area (Å²) in [5, 5.41) is 8.05. The highest BCUT2D eigenvalue weighted by Gasteiger charge is 2.40. The van der Waals surface area contributed by atoms with Crippen molar-refractivity contribution in [1.82, 2.24) is 14.9 Å². The molecule has 0 unspecified atom stereocenters. The van der Waals surface area contributed by atoms with Crippen molar-refractivity contribution in [1.29, 1.82) is 0 Å². The normalized spacial score (nSPS) is 17.9. The molecule has 43 heavy (non-hydrogen) atoms. The van der Waals surface area contributed by atoms with Gasteiger partial charge in [0.1, 0.15) is 24.2 Å². The molecule has 10 nitrogen and oxygen atoms in total. The number of hydrogen-bond donors (Lipinski definition) is 3. The molecule has 2 amide bonds. The van der Waals surface area contributed by atoms with E-state index in [1.165, 1.54) is 13.2 Å². The van der Waals surface area contributed by atoms with Gasteiger partial charge in [0.05, 0.1) is 18.8 Å². The number of aromatic nitrogens is 2. The molecule has 240 valence electrons. The summed E-state index contributed by atoms with van der Waals surface area (Å²) in [7, 11) is -0.153. The lowest BCUT2D eigenvalue weighted by Gasteiger charge is -2.26. The largest absolute Gasteiger partial charge is 0.453 e. The molecule has 1 aromatic carbocycles. The monoisotopic (exact) mass is 627 g/mol. The van der Waals surface area contributed by atoms with Gasteiger partial charge in [-0.15, -0.1) is 0 Å². The van der Waals surface area contributed by atoms with E-state index in [1.54, 1.807) is 43.7 Å². The number of benzene rings is 1. The van der Waals surface area contributed by atoms with Crippen LogP contribution in [0.3, 0.4) is 0 Å². The summed E-state index contributed by atoms with van der Waals surface area (Å²) in [4.78, 5) is 29.5. The smallest absolute Gasteiger partial charge is 0.411 e. The van der Waals surface area contributed by atoms with Gasteiger partial charge in [0, 0.05) is 37.8 Å². The maximum atomic E-state index is 14.2. The molecule has 1 aliphatic heterocycles. The van der Waals surface area contributed by atoms with Gasteiger partial charge in [-0.2, -0.15) is 13.2 Å². The van der Waals surface area contributed by atoms with Gasteiger partial charge in [-0.05, 0) is 57.9 Å². The number of halogens is 3. The van der Waals surface area contributed by atoms with E-state index in [2.05, 4.69) is 40.3 Å². The van der Waals surface area contributed by atoms with E-state index in [4.69, 9.17) is 14.5 Å². The first-order valence-corrected chi connectivity index (χ1v) is 18.1. The van der Waals surface area contributed by atoms with Crippen LogP contribution in [0.1, 0.15) is 58.3 Å². The van der Waals surface area contributed by atoms with Crippen LogP contribution in [-0.4, -0.2) is 61.3 Å². The molecular formula is C29H44F3N5O5Si. The van der Waals surface area contributed by atoms with Gasteiger partial charge in [0.25, 0.3) is 0 Å². The van der Waals surface area contributed by atoms with Crippen LogP contribution in [0.4, 0.5) is 34.1 Å². The summed E-state index contributed by atoms with van der Waals surface area (Å²) in [6.07, 6.45) is -3.43. The Morgan fingerprint density at radius 3 is 2.44 bits per heavy atom. The molecule has 2 bridgehead atoms. The highest BCUT2D eigenvalue weighted by atomic mass is 28.3. The third-order valence-corrected chi connectivity index (χ3v) is 8.43. The number of carbonyl (C=O) groups is 2. The van der Waals surface area contributed by atoms with Crippen LogP contribution in [0.25, 0.3) is 11.3 Å². The summed E-state index contributed by atoms with van der Waals surface area (Å²) in [6, 6.07) is 3.05. The minimum absolute atomic E-state index is 0.143. The highest BCUT2D eigenvalue weighted by Crippen LogP contribution is 2.36. The molecule has 3 rings (SSSR count). The van der Waals surface area contributed by atoms with E-state index >= 15 is 0 Å². The number of rotatable bonds is 7. The number of methoxy groups -OCH3 is 1. The maximum absolute atomic E-state index is 14.2. The zero-order chi connectivity index (χ0) is 32.0. The zero-order valence-corrected chi connectivity index (χ0v) is 27.0. The molecule has 2 aromatic rings. The van der Waals surface area contributed by atoms with Gasteiger partial charge in [-0.3, -0.25) is 5.32 Å². The average molecular weight is 628 g/mol. The Morgan fingerprint density at radius 2 is 1.81 bits per heavy atom. The van der Waals surface area contributed by atoms with Gasteiger partial charge in [0.15, 0.2) is 0 Å². The Balaban J connectivity index is 2.09.